The molecule has 0 unspecified atom stereocenters. The highest BCUT2D eigenvalue weighted by molar-refractivity contribution is 6.23. The largest absolute Gasteiger partial charge is 0.310 e. The second kappa shape index (κ2) is 13.7. The van der Waals surface area contributed by atoms with Crippen molar-refractivity contribution in [3.63, 3.8) is 0 Å². The van der Waals surface area contributed by atoms with Crippen LogP contribution in [0.4, 0.5) is 17.1 Å². The molecular weight excluding hydrogens is 687 g/mol. The molecule has 0 heterocycles. The summed E-state index contributed by atoms with van der Waals surface area (Å²) < 4.78 is 0. The Morgan fingerprint density at radius 1 is 0.246 bits per heavy atom. The van der Waals surface area contributed by atoms with Gasteiger partial charge in [-0.3, -0.25) is 0 Å². The minimum atomic E-state index is 1.10. The van der Waals surface area contributed by atoms with Crippen molar-refractivity contribution in [2.75, 3.05) is 4.90 Å². The van der Waals surface area contributed by atoms with Crippen LogP contribution in [0.3, 0.4) is 0 Å². The first-order chi connectivity index (χ1) is 28.3. The van der Waals surface area contributed by atoms with Gasteiger partial charge in [0.05, 0.1) is 5.69 Å². The quantitative estimate of drug-likeness (QED) is 0.154. The Kier molecular flexibility index (Phi) is 7.89. The lowest BCUT2D eigenvalue weighted by Gasteiger charge is -2.28. The van der Waals surface area contributed by atoms with Gasteiger partial charge < -0.3 is 4.90 Å². The zero-order chi connectivity index (χ0) is 37.7. The second-order valence-corrected chi connectivity index (χ2v) is 14.9. The number of rotatable bonds is 6. The molecule has 57 heavy (non-hydrogen) atoms. The van der Waals surface area contributed by atoms with Crippen molar-refractivity contribution in [2.45, 2.75) is 0 Å². The highest BCUT2D eigenvalue weighted by atomic mass is 15.1. The molecule has 1 nitrogen and oxygen atoms in total. The SMILES string of the molecule is c1ccc(-c2ccccc2N(c2ccc(-c3cc4ccccc4c4ccccc34)cc2)c2ccc(-c3cc4ccc5ccccc5c4c4ccccc34)cc2)cc1. The molecule has 0 radical (unpaired) electrons. The standard InChI is InChI=1S/C56H37N/c1-2-14-38(15-3-1)47-19-12-13-25-55(47)57(44-32-28-40(29-33-44)53-36-42-17-5-6-18-46(42)49-21-8-9-22-50(49)53)45-34-30-41(31-35-45)54-37-43-27-26-39-16-4-7-20-48(39)56(43)52-24-11-10-23-51(52)54/h1-37H. The van der Waals surface area contributed by atoms with Gasteiger partial charge in [-0.15, -0.1) is 0 Å². The molecule has 0 amide bonds. The van der Waals surface area contributed by atoms with Crippen molar-refractivity contribution >= 4 is 70.9 Å². The van der Waals surface area contributed by atoms with Crippen LogP contribution in [-0.2, 0) is 0 Å². The molecule has 11 aromatic carbocycles. The molecule has 1 heteroatoms. The Balaban J connectivity index is 1.06. The van der Waals surface area contributed by atoms with Crippen molar-refractivity contribution in [2.24, 2.45) is 0 Å². The number of anilines is 3. The van der Waals surface area contributed by atoms with Gasteiger partial charge in [-0.2, -0.15) is 0 Å². The molecule has 11 rings (SSSR count). The predicted molar refractivity (Wildman–Crippen MR) is 245 cm³/mol. The van der Waals surface area contributed by atoms with E-state index in [9.17, 15) is 0 Å². The molecule has 0 fully saturated rings. The Labute approximate surface area is 332 Å². The van der Waals surface area contributed by atoms with Crippen LogP contribution in [0.15, 0.2) is 224 Å². The van der Waals surface area contributed by atoms with E-state index >= 15 is 0 Å². The van der Waals surface area contributed by atoms with Gasteiger partial charge >= 0.3 is 0 Å². The summed E-state index contributed by atoms with van der Waals surface area (Å²) in [6.07, 6.45) is 0. The van der Waals surface area contributed by atoms with E-state index in [-0.39, 0.29) is 0 Å². The summed E-state index contributed by atoms with van der Waals surface area (Å²) in [6.45, 7) is 0. The smallest absolute Gasteiger partial charge is 0.0540 e. The second-order valence-electron chi connectivity index (χ2n) is 14.9. The van der Waals surface area contributed by atoms with E-state index < -0.39 is 0 Å². The average Bonchev–Trinajstić information content (AvgIpc) is 3.29. The van der Waals surface area contributed by atoms with E-state index in [2.05, 4.69) is 229 Å². The Morgan fingerprint density at radius 3 is 1.39 bits per heavy atom. The van der Waals surface area contributed by atoms with Crippen LogP contribution < -0.4 is 4.90 Å². The van der Waals surface area contributed by atoms with E-state index in [1.165, 1.54) is 87.2 Å². The van der Waals surface area contributed by atoms with Crippen LogP contribution in [0.5, 0.6) is 0 Å². The first kappa shape index (κ1) is 32.9. The fourth-order valence-corrected chi connectivity index (χ4v) is 8.95. The number of para-hydroxylation sites is 1. The number of hydrogen-bond donors (Lipinski definition) is 0. The van der Waals surface area contributed by atoms with Gasteiger partial charge in [0.2, 0.25) is 0 Å². The fourth-order valence-electron chi connectivity index (χ4n) is 8.95. The van der Waals surface area contributed by atoms with Crippen molar-refractivity contribution in [1.29, 1.82) is 0 Å². The maximum atomic E-state index is 2.40. The molecule has 0 saturated carbocycles. The van der Waals surface area contributed by atoms with Crippen LogP contribution in [0.1, 0.15) is 0 Å². The van der Waals surface area contributed by atoms with E-state index in [1.807, 2.05) is 0 Å². The summed E-state index contributed by atoms with van der Waals surface area (Å²) in [5.41, 5.74) is 10.6. The Hall–Kier alpha value is -7.48. The van der Waals surface area contributed by atoms with Crippen LogP contribution >= 0.6 is 0 Å². The van der Waals surface area contributed by atoms with Crippen molar-refractivity contribution in [1.82, 2.24) is 0 Å². The molecule has 0 aliphatic carbocycles. The zero-order valence-electron chi connectivity index (χ0n) is 31.3. The van der Waals surface area contributed by atoms with Gasteiger partial charge in [0.15, 0.2) is 0 Å². The molecule has 266 valence electrons. The Bertz CT molecular complexity index is 3270. The first-order valence-corrected chi connectivity index (χ1v) is 19.7. The Morgan fingerprint density at radius 2 is 0.702 bits per heavy atom. The minimum Gasteiger partial charge on any atom is -0.310 e. The van der Waals surface area contributed by atoms with Crippen LogP contribution in [0.25, 0.3) is 87.2 Å². The molecule has 0 aliphatic heterocycles. The third-order valence-corrected chi connectivity index (χ3v) is 11.6. The summed E-state index contributed by atoms with van der Waals surface area (Å²) in [7, 11) is 0. The summed E-state index contributed by atoms with van der Waals surface area (Å²) in [5.74, 6) is 0. The topological polar surface area (TPSA) is 3.24 Å². The predicted octanol–water partition coefficient (Wildman–Crippen LogP) is 15.9. The summed E-state index contributed by atoms with van der Waals surface area (Å²) >= 11 is 0. The van der Waals surface area contributed by atoms with Crippen LogP contribution in [0.2, 0.25) is 0 Å². The normalized spacial score (nSPS) is 11.5. The molecule has 0 saturated heterocycles. The van der Waals surface area contributed by atoms with Gasteiger partial charge in [-0.05, 0) is 124 Å². The molecule has 11 aromatic rings. The van der Waals surface area contributed by atoms with Crippen LogP contribution in [-0.4, -0.2) is 0 Å². The summed E-state index contributed by atoms with van der Waals surface area (Å²) in [4.78, 5) is 2.40. The monoisotopic (exact) mass is 723 g/mol. The highest BCUT2D eigenvalue weighted by Crippen LogP contribution is 2.44. The van der Waals surface area contributed by atoms with Gasteiger partial charge in [-0.1, -0.05) is 182 Å². The van der Waals surface area contributed by atoms with Gasteiger partial charge in [-0.25, -0.2) is 0 Å². The highest BCUT2D eigenvalue weighted by Gasteiger charge is 2.19. The molecular formula is C56H37N. The minimum absolute atomic E-state index is 1.10. The van der Waals surface area contributed by atoms with E-state index in [0.717, 1.165) is 17.1 Å². The van der Waals surface area contributed by atoms with Crippen molar-refractivity contribution in [3.05, 3.63) is 224 Å². The van der Waals surface area contributed by atoms with Crippen molar-refractivity contribution < 1.29 is 0 Å². The lowest BCUT2D eigenvalue weighted by molar-refractivity contribution is 1.28. The third-order valence-electron chi connectivity index (χ3n) is 11.6. The number of fused-ring (bicyclic) bond motifs is 8. The fraction of sp³-hybridized carbons (Fsp3) is 0. The molecule has 0 bridgehead atoms. The molecule has 0 aliphatic rings. The van der Waals surface area contributed by atoms with Crippen molar-refractivity contribution in [3.8, 4) is 33.4 Å². The van der Waals surface area contributed by atoms with E-state index in [1.54, 1.807) is 0 Å². The van der Waals surface area contributed by atoms with Crippen LogP contribution in [0, 0.1) is 0 Å². The maximum Gasteiger partial charge on any atom is 0.0540 e. The third kappa shape index (κ3) is 5.63. The molecule has 0 aromatic heterocycles. The zero-order valence-corrected chi connectivity index (χ0v) is 31.3. The van der Waals surface area contributed by atoms with E-state index in [4.69, 9.17) is 0 Å². The van der Waals surface area contributed by atoms with Gasteiger partial charge in [0, 0.05) is 16.9 Å². The molecule has 0 atom stereocenters. The average molecular weight is 724 g/mol. The summed E-state index contributed by atoms with van der Waals surface area (Å²) in [5, 5.41) is 12.7. The first-order valence-electron chi connectivity index (χ1n) is 19.7. The maximum absolute atomic E-state index is 2.40. The number of benzene rings is 11. The number of hydrogen-bond acceptors (Lipinski definition) is 1. The lowest BCUT2D eigenvalue weighted by atomic mass is 9.90. The van der Waals surface area contributed by atoms with E-state index in [0.29, 0.717) is 0 Å². The molecule has 0 N–H and O–H groups in total. The van der Waals surface area contributed by atoms with Gasteiger partial charge in [0.25, 0.3) is 0 Å². The lowest BCUT2D eigenvalue weighted by Crippen LogP contribution is -2.11. The number of nitrogens with zero attached hydrogens (tertiary/aromatic N) is 1. The molecule has 0 spiro atoms. The van der Waals surface area contributed by atoms with Gasteiger partial charge in [0.1, 0.15) is 0 Å². The summed E-state index contributed by atoms with van der Waals surface area (Å²) in [6, 6.07) is 82.0.